The van der Waals surface area contributed by atoms with Crippen LogP contribution in [0, 0.1) is 6.92 Å². The summed E-state index contributed by atoms with van der Waals surface area (Å²) in [7, 11) is 0. The van der Waals surface area contributed by atoms with Gasteiger partial charge in [-0.1, -0.05) is 12.1 Å². The van der Waals surface area contributed by atoms with Crippen LogP contribution in [0.2, 0.25) is 0 Å². The van der Waals surface area contributed by atoms with E-state index in [4.69, 9.17) is 21.3 Å². The van der Waals surface area contributed by atoms with Crippen LogP contribution >= 0.6 is 11.6 Å². The number of hydrogen-bond donors (Lipinski definition) is 0. The van der Waals surface area contributed by atoms with Crippen LogP contribution in [0.3, 0.4) is 0 Å². The largest absolute Gasteiger partial charge is 0.376 e. The SMILES string of the molecule is Cc1cccc2c1nc(C(C)Cl)n2C1(C)CCOC1C. The van der Waals surface area contributed by atoms with E-state index in [9.17, 15) is 0 Å². The highest BCUT2D eigenvalue weighted by Crippen LogP contribution is 2.39. The van der Waals surface area contributed by atoms with Gasteiger partial charge < -0.3 is 9.30 Å². The second-order valence-corrected chi connectivity index (χ2v) is 6.64. The summed E-state index contributed by atoms with van der Waals surface area (Å²) in [5, 5.41) is -0.119. The van der Waals surface area contributed by atoms with E-state index in [1.165, 1.54) is 5.56 Å². The predicted octanol–water partition coefficient (Wildman–Crippen LogP) is 4.17. The summed E-state index contributed by atoms with van der Waals surface area (Å²) < 4.78 is 8.12. The van der Waals surface area contributed by atoms with Crippen LogP contribution in [0.5, 0.6) is 0 Å². The van der Waals surface area contributed by atoms with Crippen LogP contribution in [0.25, 0.3) is 11.0 Å². The Bertz CT molecular complexity index is 649. The molecule has 1 fully saturated rings. The average Bonchev–Trinajstić information content (AvgIpc) is 2.93. The number of rotatable bonds is 2. The van der Waals surface area contributed by atoms with Gasteiger partial charge in [-0.2, -0.15) is 0 Å². The molecular weight excluding hydrogens is 272 g/mol. The molecule has 0 aliphatic carbocycles. The molecule has 3 nitrogen and oxygen atoms in total. The lowest BCUT2D eigenvalue weighted by Crippen LogP contribution is -2.38. The van der Waals surface area contributed by atoms with Crippen LogP contribution in [-0.4, -0.2) is 22.3 Å². The fourth-order valence-corrected chi connectivity index (χ4v) is 3.33. The first-order valence-corrected chi connectivity index (χ1v) is 7.63. The first-order valence-electron chi connectivity index (χ1n) is 7.19. The van der Waals surface area contributed by atoms with Gasteiger partial charge in [0.15, 0.2) is 0 Å². The highest BCUT2D eigenvalue weighted by Gasteiger charge is 2.41. The standard InChI is InChI=1S/C16H21ClN2O/c1-10-6-5-7-13-14(10)18-15(11(2)17)19(13)16(4)8-9-20-12(16)3/h5-7,11-12H,8-9H2,1-4H3. The Labute approximate surface area is 124 Å². The molecule has 0 bridgehead atoms. The van der Waals surface area contributed by atoms with E-state index in [1.807, 2.05) is 6.92 Å². The molecule has 0 saturated carbocycles. The molecule has 1 saturated heterocycles. The van der Waals surface area contributed by atoms with Crippen molar-refractivity contribution in [3.05, 3.63) is 29.6 Å². The third-order valence-electron chi connectivity index (χ3n) is 4.63. The normalized spacial score (nSPS) is 28.1. The van der Waals surface area contributed by atoms with E-state index < -0.39 is 0 Å². The molecule has 0 radical (unpaired) electrons. The summed E-state index contributed by atoms with van der Waals surface area (Å²) in [6.07, 6.45) is 1.15. The Morgan fingerprint density at radius 3 is 2.85 bits per heavy atom. The molecule has 1 aliphatic rings. The lowest BCUT2D eigenvalue weighted by Gasteiger charge is -2.32. The Kier molecular flexibility index (Phi) is 3.30. The van der Waals surface area contributed by atoms with Crippen LogP contribution in [0.1, 0.15) is 44.0 Å². The summed E-state index contributed by atoms with van der Waals surface area (Å²) in [4.78, 5) is 4.81. The predicted molar refractivity (Wildman–Crippen MR) is 82.4 cm³/mol. The van der Waals surface area contributed by atoms with Crippen LogP contribution < -0.4 is 0 Å². The molecule has 2 aromatic rings. The molecular formula is C16H21ClN2O. The molecule has 1 aromatic carbocycles. The number of hydrogen-bond acceptors (Lipinski definition) is 2. The third-order valence-corrected chi connectivity index (χ3v) is 4.83. The van der Waals surface area contributed by atoms with Crippen molar-refractivity contribution >= 4 is 22.6 Å². The number of halogens is 1. The highest BCUT2D eigenvalue weighted by atomic mass is 35.5. The molecule has 20 heavy (non-hydrogen) atoms. The molecule has 1 aliphatic heterocycles. The third kappa shape index (κ3) is 1.87. The zero-order valence-electron chi connectivity index (χ0n) is 12.5. The number of nitrogens with zero attached hydrogens (tertiary/aromatic N) is 2. The number of aryl methyl sites for hydroxylation is 1. The van der Waals surface area contributed by atoms with Gasteiger partial charge in [-0.3, -0.25) is 0 Å². The zero-order chi connectivity index (χ0) is 14.5. The summed E-state index contributed by atoms with van der Waals surface area (Å²) in [6, 6.07) is 6.32. The Morgan fingerprint density at radius 2 is 2.25 bits per heavy atom. The molecule has 4 heteroatoms. The number of ether oxygens (including phenoxy) is 1. The van der Waals surface area contributed by atoms with Crippen molar-refractivity contribution in [2.75, 3.05) is 6.61 Å². The van der Waals surface area contributed by atoms with Gasteiger partial charge in [0.2, 0.25) is 0 Å². The number of aromatic nitrogens is 2. The maximum atomic E-state index is 6.40. The first-order chi connectivity index (χ1) is 9.45. The van der Waals surface area contributed by atoms with Crippen molar-refractivity contribution in [3.63, 3.8) is 0 Å². The molecule has 2 heterocycles. The Morgan fingerprint density at radius 1 is 1.50 bits per heavy atom. The fraction of sp³-hybridized carbons (Fsp3) is 0.562. The van der Waals surface area contributed by atoms with Gasteiger partial charge >= 0.3 is 0 Å². The quantitative estimate of drug-likeness (QED) is 0.777. The second kappa shape index (κ2) is 4.74. The van der Waals surface area contributed by atoms with Gasteiger partial charge in [0.25, 0.3) is 0 Å². The summed E-state index contributed by atoms with van der Waals surface area (Å²) in [6.45, 7) is 9.26. The van der Waals surface area contributed by atoms with E-state index in [1.54, 1.807) is 0 Å². The monoisotopic (exact) mass is 292 g/mol. The number of fused-ring (bicyclic) bond motifs is 1. The minimum Gasteiger partial charge on any atom is -0.376 e. The van der Waals surface area contributed by atoms with Gasteiger partial charge in [0, 0.05) is 6.61 Å². The average molecular weight is 293 g/mol. The minimum absolute atomic E-state index is 0.0823. The van der Waals surface area contributed by atoms with Gasteiger partial charge in [-0.25, -0.2) is 4.98 Å². The van der Waals surface area contributed by atoms with Crippen LogP contribution in [0.15, 0.2) is 18.2 Å². The summed E-state index contributed by atoms with van der Waals surface area (Å²) in [5.41, 5.74) is 3.32. The smallest absolute Gasteiger partial charge is 0.128 e. The maximum Gasteiger partial charge on any atom is 0.128 e. The van der Waals surface area contributed by atoms with E-state index in [-0.39, 0.29) is 17.0 Å². The highest BCUT2D eigenvalue weighted by molar-refractivity contribution is 6.20. The van der Waals surface area contributed by atoms with Gasteiger partial charge in [-0.15, -0.1) is 11.6 Å². The van der Waals surface area contributed by atoms with E-state index in [2.05, 4.69) is 43.5 Å². The van der Waals surface area contributed by atoms with Gasteiger partial charge in [0.1, 0.15) is 5.82 Å². The number of alkyl halides is 1. The maximum absolute atomic E-state index is 6.40. The number of imidazole rings is 1. The molecule has 3 unspecified atom stereocenters. The molecule has 1 aromatic heterocycles. The van der Waals surface area contributed by atoms with Crippen molar-refractivity contribution in [1.82, 2.24) is 9.55 Å². The van der Waals surface area contributed by atoms with E-state index in [0.717, 1.165) is 29.9 Å². The lowest BCUT2D eigenvalue weighted by atomic mass is 9.93. The second-order valence-electron chi connectivity index (χ2n) is 5.98. The van der Waals surface area contributed by atoms with E-state index >= 15 is 0 Å². The zero-order valence-corrected chi connectivity index (χ0v) is 13.2. The minimum atomic E-state index is -0.119. The van der Waals surface area contributed by atoms with Crippen LogP contribution in [-0.2, 0) is 10.3 Å². The molecule has 108 valence electrons. The summed E-state index contributed by atoms with van der Waals surface area (Å²) >= 11 is 6.40. The number of benzene rings is 1. The van der Waals surface area contributed by atoms with Crippen molar-refractivity contribution in [3.8, 4) is 0 Å². The Hall–Kier alpha value is -1.06. The first kappa shape index (κ1) is 13.9. The molecule has 3 atom stereocenters. The van der Waals surface area contributed by atoms with Crippen molar-refractivity contribution in [2.24, 2.45) is 0 Å². The molecule has 3 rings (SSSR count). The van der Waals surface area contributed by atoms with Gasteiger partial charge in [0.05, 0.1) is 28.1 Å². The molecule has 0 spiro atoms. The van der Waals surface area contributed by atoms with Gasteiger partial charge in [-0.05, 0) is 45.7 Å². The lowest BCUT2D eigenvalue weighted by molar-refractivity contribution is 0.0763. The Balaban J connectivity index is 2.33. The fourth-order valence-electron chi connectivity index (χ4n) is 3.18. The van der Waals surface area contributed by atoms with Crippen LogP contribution in [0.4, 0.5) is 0 Å². The molecule has 0 N–H and O–H groups in total. The van der Waals surface area contributed by atoms with Crippen molar-refractivity contribution in [2.45, 2.75) is 51.1 Å². The summed E-state index contributed by atoms with van der Waals surface area (Å²) in [5.74, 6) is 0.941. The van der Waals surface area contributed by atoms with Crippen molar-refractivity contribution < 1.29 is 4.74 Å². The topological polar surface area (TPSA) is 27.1 Å². The van der Waals surface area contributed by atoms with Crippen molar-refractivity contribution in [1.29, 1.82) is 0 Å². The number of para-hydroxylation sites is 1. The van der Waals surface area contributed by atoms with E-state index in [0.29, 0.717) is 0 Å². The molecule has 0 amide bonds.